The van der Waals surface area contributed by atoms with Gasteiger partial charge in [-0.1, -0.05) is 42.5 Å². The molecule has 3 heteroatoms. The first kappa shape index (κ1) is 14.6. The number of fused-ring (bicyclic) bond motifs is 1. The summed E-state index contributed by atoms with van der Waals surface area (Å²) in [5.41, 5.74) is 5.39. The molecule has 0 atom stereocenters. The zero-order chi connectivity index (χ0) is 16.4. The van der Waals surface area contributed by atoms with E-state index in [4.69, 9.17) is 0 Å². The Labute approximate surface area is 141 Å². The second-order valence-corrected chi connectivity index (χ2v) is 6.17. The standard InChI is InChI=1S/C21H18N2O/c24-21(23-20-12-16-5-1-2-6-17(16)13-20)18-8-3-7-15(11-18)19-9-4-10-22-14-19/h1-11,14,20H,12-13H2,(H,23,24). The number of carbonyl (C=O) groups excluding carboxylic acids is 1. The van der Waals surface area contributed by atoms with E-state index in [1.165, 1.54) is 11.1 Å². The third-order valence-electron chi connectivity index (χ3n) is 4.51. The lowest BCUT2D eigenvalue weighted by Gasteiger charge is -2.12. The average Bonchev–Trinajstić information content (AvgIpc) is 3.05. The van der Waals surface area contributed by atoms with Gasteiger partial charge in [0.1, 0.15) is 0 Å². The summed E-state index contributed by atoms with van der Waals surface area (Å²) in [4.78, 5) is 16.7. The van der Waals surface area contributed by atoms with Crippen LogP contribution in [0, 0.1) is 0 Å². The predicted octanol–water partition coefficient (Wildman–Crippen LogP) is 3.65. The van der Waals surface area contributed by atoms with Gasteiger partial charge in [-0.15, -0.1) is 0 Å². The summed E-state index contributed by atoms with van der Waals surface area (Å²) in [5.74, 6) is -0.0152. The molecule has 3 nitrogen and oxygen atoms in total. The topological polar surface area (TPSA) is 42.0 Å². The number of hydrogen-bond acceptors (Lipinski definition) is 2. The lowest BCUT2D eigenvalue weighted by Crippen LogP contribution is -2.35. The molecule has 0 bridgehead atoms. The Balaban J connectivity index is 1.50. The van der Waals surface area contributed by atoms with Crippen molar-refractivity contribution in [1.29, 1.82) is 0 Å². The minimum absolute atomic E-state index is 0.0152. The molecule has 1 aliphatic rings. The molecule has 4 rings (SSSR count). The average molecular weight is 314 g/mol. The van der Waals surface area contributed by atoms with Crippen molar-refractivity contribution < 1.29 is 4.79 Å². The van der Waals surface area contributed by atoms with Crippen molar-refractivity contribution in [2.75, 3.05) is 0 Å². The minimum atomic E-state index is -0.0152. The lowest BCUT2D eigenvalue weighted by atomic mass is 10.0. The minimum Gasteiger partial charge on any atom is -0.349 e. The molecule has 1 aliphatic carbocycles. The predicted molar refractivity (Wildman–Crippen MR) is 94.8 cm³/mol. The molecule has 1 heterocycles. The van der Waals surface area contributed by atoms with Gasteiger partial charge in [0.25, 0.3) is 5.91 Å². The van der Waals surface area contributed by atoms with Crippen molar-refractivity contribution in [3.8, 4) is 11.1 Å². The number of amides is 1. The maximum atomic E-state index is 12.6. The van der Waals surface area contributed by atoms with Gasteiger partial charge in [-0.05, 0) is 47.7 Å². The van der Waals surface area contributed by atoms with E-state index in [-0.39, 0.29) is 11.9 Å². The third kappa shape index (κ3) is 2.93. The van der Waals surface area contributed by atoms with Crippen LogP contribution in [-0.2, 0) is 12.8 Å². The van der Waals surface area contributed by atoms with Gasteiger partial charge in [-0.3, -0.25) is 9.78 Å². The van der Waals surface area contributed by atoms with Crippen LogP contribution in [0.2, 0.25) is 0 Å². The van der Waals surface area contributed by atoms with Gasteiger partial charge in [0.15, 0.2) is 0 Å². The molecule has 0 aliphatic heterocycles. The quantitative estimate of drug-likeness (QED) is 0.802. The molecule has 0 spiro atoms. The Morgan fingerprint density at radius 2 is 1.67 bits per heavy atom. The summed E-state index contributed by atoms with van der Waals surface area (Å²) in [6.45, 7) is 0. The summed E-state index contributed by atoms with van der Waals surface area (Å²) in [5, 5.41) is 3.17. The monoisotopic (exact) mass is 314 g/mol. The fourth-order valence-electron chi connectivity index (χ4n) is 3.30. The molecule has 0 saturated carbocycles. The van der Waals surface area contributed by atoms with Gasteiger partial charge < -0.3 is 5.32 Å². The van der Waals surface area contributed by atoms with E-state index in [1.807, 2.05) is 42.6 Å². The first-order valence-electron chi connectivity index (χ1n) is 8.18. The molecule has 2 aromatic carbocycles. The number of carbonyl (C=O) groups is 1. The van der Waals surface area contributed by atoms with Crippen LogP contribution >= 0.6 is 0 Å². The van der Waals surface area contributed by atoms with Crippen LogP contribution in [0.1, 0.15) is 21.5 Å². The van der Waals surface area contributed by atoms with Crippen molar-refractivity contribution in [2.24, 2.45) is 0 Å². The highest BCUT2D eigenvalue weighted by Gasteiger charge is 2.22. The van der Waals surface area contributed by atoms with Crippen molar-refractivity contribution in [1.82, 2.24) is 10.3 Å². The van der Waals surface area contributed by atoms with E-state index in [0.717, 1.165) is 24.0 Å². The zero-order valence-electron chi connectivity index (χ0n) is 13.3. The Morgan fingerprint density at radius 1 is 0.917 bits per heavy atom. The summed E-state index contributed by atoms with van der Waals surface area (Å²) < 4.78 is 0. The summed E-state index contributed by atoms with van der Waals surface area (Å²) in [6, 6.07) is 20.2. The second kappa shape index (κ2) is 6.28. The Kier molecular flexibility index (Phi) is 3.83. The SMILES string of the molecule is O=C(NC1Cc2ccccc2C1)c1cccc(-c2cccnc2)c1. The Hall–Kier alpha value is -2.94. The molecule has 1 aromatic heterocycles. The normalized spacial score (nSPS) is 13.5. The molecule has 0 radical (unpaired) electrons. The van der Waals surface area contributed by atoms with E-state index in [2.05, 4.69) is 34.6 Å². The van der Waals surface area contributed by atoms with Crippen molar-refractivity contribution in [3.63, 3.8) is 0 Å². The zero-order valence-corrected chi connectivity index (χ0v) is 13.3. The maximum Gasteiger partial charge on any atom is 0.251 e. The molecular weight excluding hydrogens is 296 g/mol. The second-order valence-electron chi connectivity index (χ2n) is 6.17. The molecule has 0 saturated heterocycles. The first-order valence-corrected chi connectivity index (χ1v) is 8.18. The number of pyridine rings is 1. The van der Waals surface area contributed by atoms with Crippen LogP contribution in [0.4, 0.5) is 0 Å². The van der Waals surface area contributed by atoms with Gasteiger partial charge in [-0.25, -0.2) is 0 Å². The van der Waals surface area contributed by atoms with Crippen molar-refractivity contribution >= 4 is 5.91 Å². The van der Waals surface area contributed by atoms with Crippen LogP contribution in [0.25, 0.3) is 11.1 Å². The highest BCUT2D eigenvalue weighted by atomic mass is 16.1. The number of nitrogens with one attached hydrogen (secondary N) is 1. The highest BCUT2D eigenvalue weighted by Crippen LogP contribution is 2.23. The van der Waals surface area contributed by atoms with Gasteiger partial charge in [0, 0.05) is 29.6 Å². The van der Waals surface area contributed by atoms with E-state index in [0.29, 0.717) is 5.56 Å². The van der Waals surface area contributed by atoms with Gasteiger partial charge >= 0.3 is 0 Å². The number of benzene rings is 2. The first-order chi connectivity index (χ1) is 11.8. The van der Waals surface area contributed by atoms with Gasteiger partial charge in [0.2, 0.25) is 0 Å². The summed E-state index contributed by atoms with van der Waals surface area (Å²) in [6.07, 6.45) is 5.37. The maximum absolute atomic E-state index is 12.6. The van der Waals surface area contributed by atoms with Gasteiger partial charge in [0.05, 0.1) is 0 Å². The van der Waals surface area contributed by atoms with Crippen LogP contribution in [0.15, 0.2) is 73.1 Å². The van der Waals surface area contributed by atoms with Crippen LogP contribution in [0.5, 0.6) is 0 Å². The molecule has 24 heavy (non-hydrogen) atoms. The highest BCUT2D eigenvalue weighted by molar-refractivity contribution is 5.95. The molecule has 118 valence electrons. The summed E-state index contributed by atoms with van der Waals surface area (Å²) in [7, 11) is 0. The molecule has 0 unspecified atom stereocenters. The number of rotatable bonds is 3. The molecule has 3 aromatic rings. The van der Waals surface area contributed by atoms with E-state index in [9.17, 15) is 4.79 Å². The molecule has 1 N–H and O–H groups in total. The van der Waals surface area contributed by atoms with E-state index < -0.39 is 0 Å². The number of hydrogen-bond donors (Lipinski definition) is 1. The Morgan fingerprint density at radius 3 is 2.38 bits per heavy atom. The fraction of sp³-hybridized carbons (Fsp3) is 0.143. The van der Waals surface area contributed by atoms with Crippen LogP contribution < -0.4 is 5.32 Å². The van der Waals surface area contributed by atoms with E-state index >= 15 is 0 Å². The lowest BCUT2D eigenvalue weighted by molar-refractivity contribution is 0.0938. The molecular formula is C21H18N2O. The van der Waals surface area contributed by atoms with Gasteiger partial charge in [-0.2, -0.15) is 0 Å². The third-order valence-corrected chi connectivity index (χ3v) is 4.51. The van der Waals surface area contributed by atoms with Crippen LogP contribution in [-0.4, -0.2) is 16.9 Å². The number of aromatic nitrogens is 1. The van der Waals surface area contributed by atoms with Crippen molar-refractivity contribution in [3.05, 3.63) is 89.7 Å². The Bertz CT molecular complexity index is 849. The van der Waals surface area contributed by atoms with Crippen molar-refractivity contribution in [2.45, 2.75) is 18.9 Å². The smallest absolute Gasteiger partial charge is 0.251 e. The summed E-state index contributed by atoms with van der Waals surface area (Å²) >= 11 is 0. The van der Waals surface area contributed by atoms with E-state index in [1.54, 1.807) is 6.20 Å². The largest absolute Gasteiger partial charge is 0.349 e. The number of nitrogens with zero attached hydrogens (tertiary/aromatic N) is 1. The molecule has 0 fully saturated rings. The fourth-order valence-corrected chi connectivity index (χ4v) is 3.30. The molecule has 1 amide bonds. The van der Waals surface area contributed by atoms with Crippen LogP contribution in [0.3, 0.4) is 0 Å².